The Morgan fingerprint density at radius 1 is 1.23 bits per heavy atom. The number of rotatable bonds is 4. The van der Waals surface area contributed by atoms with Crippen LogP contribution in [0.2, 0.25) is 5.02 Å². The molecule has 1 aromatic carbocycles. The molecular formula is C29H30ClN7O2. The summed E-state index contributed by atoms with van der Waals surface area (Å²) in [5, 5.41) is 13.7. The maximum Gasteiger partial charge on any atom is 0.408 e. The third kappa shape index (κ3) is 5.12. The third-order valence-corrected chi connectivity index (χ3v) is 7.13. The first-order valence-corrected chi connectivity index (χ1v) is 13.1. The molecule has 4 aromatic rings. The van der Waals surface area contributed by atoms with Gasteiger partial charge in [0.15, 0.2) is 0 Å². The van der Waals surface area contributed by atoms with Crippen LogP contribution in [0.4, 0.5) is 10.5 Å². The highest BCUT2D eigenvalue weighted by Crippen LogP contribution is 2.43. The number of aryl methyl sites for hydroxylation is 1. The molecule has 1 aliphatic heterocycles. The van der Waals surface area contributed by atoms with Gasteiger partial charge in [0.2, 0.25) is 0 Å². The number of halogens is 1. The minimum Gasteiger partial charge on any atom is -0.444 e. The summed E-state index contributed by atoms with van der Waals surface area (Å²) in [6.45, 7) is 8.66. The predicted molar refractivity (Wildman–Crippen MR) is 152 cm³/mol. The molecule has 0 bridgehead atoms. The van der Waals surface area contributed by atoms with E-state index >= 15 is 0 Å². The van der Waals surface area contributed by atoms with E-state index in [0.29, 0.717) is 47.1 Å². The van der Waals surface area contributed by atoms with Crippen molar-refractivity contribution in [3.05, 3.63) is 59.6 Å². The van der Waals surface area contributed by atoms with Gasteiger partial charge in [-0.2, -0.15) is 5.26 Å². The van der Waals surface area contributed by atoms with Gasteiger partial charge >= 0.3 is 6.09 Å². The van der Waals surface area contributed by atoms with Crippen molar-refractivity contribution < 1.29 is 9.53 Å². The molecule has 1 amide bonds. The van der Waals surface area contributed by atoms with Crippen LogP contribution in [0.5, 0.6) is 0 Å². The van der Waals surface area contributed by atoms with Crippen LogP contribution in [0.1, 0.15) is 39.8 Å². The van der Waals surface area contributed by atoms with E-state index in [2.05, 4.69) is 26.3 Å². The number of imidazole rings is 1. The van der Waals surface area contributed by atoms with Gasteiger partial charge in [0.1, 0.15) is 28.7 Å². The van der Waals surface area contributed by atoms with E-state index in [9.17, 15) is 10.1 Å². The fourth-order valence-corrected chi connectivity index (χ4v) is 5.31. The quantitative estimate of drug-likeness (QED) is 0.351. The smallest absolute Gasteiger partial charge is 0.408 e. The summed E-state index contributed by atoms with van der Waals surface area (Å²) in [6, 6.07) is 11.7. The largest absolute Gasteiger partial charge is 0.444 e. The fraction of sp³-hybridized carbons (Fsp3) is 0.345. The Morgan fingerprint density at radius 3 is 2.64 bits per heavy atom. The number of nitrogens with zero attached hydrogens (tertiary/aromatic N) is 6. The highest BCUT2D eigenvalue weighted by Gasteiger charge is 2.39. The number of carbonyl (C=O) groups excluding carboxylic acids is 1. The number of anilines is 1. The molecule has 9 nitrogen and oxygen atoms in total. The monoisotopic (exact) mass is 543 g/mol. The lowest BCUT2D eigenvalue weighted by atomic mass is 9.98. The van der Waals surface area contributed by atoms with Gasteiger partial charge in [-0.3, -0.25) is 4.98 Å². The summed E-state index contributed by atoms with van der Waals surface area (Å²) in [5.74, 6) is 0.675. The Morgan fingerprint density at radius 2 is 1.97 bits per heavy atom. The minimum atomic E-state index is -0.602. The summed E-state index contributed by atoms with van der Waals surface area (Å²) in [6.07, 6.45) is 5.31. The molecule has 0 aliphatic carbocycles. The van der Waals surface area contributed by atoms with Gasteiger partial charge in [-0.05, 0) is 63.9 Å². The number of pyridine rings is 2. The van der Waals surface area contributed by atoms with E-state index in [1.807, 2.05) is 69.6 Å². The molecule has 1 atom stereocenters. The van der Waals surface area contributed by atoms with E-state index in [1.54, 1.807) is 18.6 Å². The Balaban J connectivity index is 1.67. The molecule has 39 heavy (non-hydrogen) atoms. The molecule has 1 saturated heterocycles. The Hall–Kier alpha value is -4.16. The van der Waals surface area contributed by atoms with Crippen LogP contribution in [0.25, 0.3) is 33.5 Å². The maximum atomic E-state index is 12.7. The average Bonchev–Trinajstić information content (AvgIpc) is 3.43. The summed E-state index contributed by atoms with van der Waals surface area (Å²) >= 11 is 6.50. The third-order valence-electron chi connectivity index (χ3n) is 6.82. The van der Waals surface area contributed by atoms with Crippen LogP contribution < -0.4 is 10.2 Å². The minimum absolute atomic E-state index is 0.297. The van der Waals surface area contributed by atoms with Gasteiger partial charge in [0.25, 0.3) is 0 Å². The number of nitriles is 1. The van der Waals surface area contributed by atoms with Gasteiger partial charge in [-0.15, -0.1) is 0 Å². The number of fused-ring (bicyclic) bond motifs is 1. The first-order chi connectivity index (χ1) is 18.5. The molecule has 0 unspecified atom stereocenters. The zero-order chi connectivity index (χ0) is 27.9. The molecule has 3 aromatic heterocycles. The molecule has 200 valence electrons. The van der Waals surface area contributed by atoms with Crippen molar-refractivity contribution >= 4 is 34.4 Å². The first kappa shape index (κ1) is 26.4. The molecular weight excluding hydrogens is 514 g/mol. The number of ether oxygens (including phenoxy) is 1. The Bertz CT molecular complexity index is 1600. The fourth-order valence-electron chi connectivity index (χ4n) is 5.10. The van der Waals surface area contributed by atoms with Crippen molar-refractivity contribution in [3.63, 3.8) is 0 Å². The van der Waals surface area contributed by atoms with Gasteiger partial charge in [0, 0.05) is 44.3 Å². The summed E-state index contributed by atoms with van der Waals surface area (Å²) in [5.41, 5.74) is 3.80. The van der Waals surface area contributed by atoms with E-state index < -0.39 is 17.2 Å². The number of alkyl carbamates (subject to hydrolysis) is 1. The first-order valence-electron chi connectivity index (χ1n) is 12.7. The lowest BCUT2D eigenvalue weighted by Gasteiger charge is -2.30. The van der Waals surface area contributed by atoms with Crippen LogP contribution >= 0.6 is 11.6 Å². The normalized spacial score (nSPS) is 17.3. The van der Waals surface area contributed by atoms with Gasteiger partial charge in [-0.1, -0.05) is 17.7 Å². The number of benzene rings is 1. The van der Waals surface area contributed by atoms with Crippen molar-refractivity contribution in [1.29, 1.82) is 5.26 Å². The van der Waals surface area contributed by atoms with Gasteiger partial charge in [0.05, 0.1) is 27.3 Å². The second-order valence-electron chi connectivity index (χ2n) is 11.1. The number of aromatic nitrogens is 4. The number of hydrogen-bond acceptors (Lipinski definition) is 7. The number of amides is 1. The van der Waals surface area contributed by atoms with Gasteiger partial charge < -0.3 is 19.5 Å². The summed E-state index contributed by atoms with van der Waals surface area (Å²) in [7, 11) is 1.94. The van der Waals surface area contributed by atoms with E-state index in [0.717, 1.165) is 22.3 Å². The van der Waals surface area contributed by atoms with E-state index in [-0.39, 0.29) is 0 Å². The molecule has 1 fully saturated rings. The van der Waals surface area contributed by atoms with Crippen LogP contribution in [0, 0.1) is 11.3 Å². The van der Waals surface area contributed by atoms with Crippen molar-refractivity contribution in [2.75, 3.05) is 18.0 Å². The van der Waals surface area contributed by atoms with E-state index in [1.165, 1.54) is 0 Å². The standard InChI is InChI=1S/C29H30ClN7O2/c1-28(2,3)39-27(38)35-29(4)11-14-37(17-29)25-19(26-34-24-20(30)7-6-8-22(24)36(26)5)16-33-21(15-31)23(25)18-9-12-32-13-10-18/h6-10,12-13,16H,11,14,17H2,1-5H3,(H,35,38)/t29-/m0/s1. The van der Waals surface area contributed by atoms with Crippen LogP contribution in [-0.2, 0) is 11.8 Å². The Labute approximate surface area is 232 Å². The molecule has 0 radical (unpaired) electrons. The van der Waals surface area contributed by atoms with Crippen molar-refractivity contribution in [2.45, 2.75) is 45.3 Å². The van der Waals surface area contributed by atoms with Crippen LogP contribution in [0.15, 0.2) is 48.9 Å². The molecule has 1 N–H and O–H groups in total. The molecule has 1 aliphatic rings. The zero-order valence-electron chi connectivity index (χ0n) is 22.6. The average molecular weight is 544 g/mol. The highest BCUT2D eigenvalue weighted by atomic mass is 35.5. The summed E-state index contributed by atoms with van der Waals surface area (Å²) < 4.78 is 7.52. The second-order valence-corrected chi connectivity index (χ2v) is 11.5. The lowest BCUT2D eigenvalue weighted by Crippen LogP contribution is -2.49. The number of nitrogens with one attached hydrogen (secondary N) is 1. The second kappa shape index (κ2) is 9.86. The van der Waals surface area contributed by atoms with Crippen molar-refractivity contribution in [3.8, 4) is 28.6 Å². The molecule has 0 spiro atoms. The number of para-hydroxylation sites is 1. The van der Waals surface area contributed by atoms with E-state index in [4.69, 9.17) is 21.3 Å². The highest BCUT2D eigenvalue weighted by molar-refractivity contribution is 6.35. The molecule has 5 rings (SSSR count). The van der Waals surface area contributed by atoms with Gasteiger partial charge in [-0.25, -0.2) is 14.8 Å². The maximum absolute atomic E-state index is 12.7. The summed E-state index contributed by atoms with van der Waals surface area (Å²) in [4.78, 5) is 28.5. The number of hydrogen-bond donors (Lipinski definition) is 1. The number of carbonyl (C=O) groups is 1. The topological polar surface area (TPSA) is 109 Å². The molecule has 10 heteroatoms. The van der Waals surface area contributed by atoms with Crippen molar-refractivity contribution in [1.82, 2.24) is 24.8 Å². The zero-order valence-corrected chi connectivity index (χ0v) is 23.4. The SMILES string of the molecule is Cn1c(-c2cnc(C#N)c(-c3ccncc3)c2N2CC[C@](C)(NC(=O)OC(C)(C)C)C2)nc2c(Cl)cccc21. The predicted octanol–water partition coefficient (Wildman–Crippen LogP) is 5.72. The lowest BCUT2D eigenvalue weighted by molar-refractivity contribution is 0.0473. The molecule has 4 heterocycles. The van der Waals surface area contributed by atoms with Crippen molar-refractivity contribution in [2.24, 2.45) is 7.05 Å². The van der Waals surface area contributed by atoms with Crippen LogP contribution in [-0.4, -0.2) is 49.8 Å². The van der Waals surface area contributed by atoms with Crippen LogP contribution in [0.3, 0.4) is 0 Å². The Kier molecular flexibility index (Phi) is 6.69. The molecule has 0 saturated carbocycles.